The number of benzene rings is 2. The van der Waals surface area contributed by atoms with Gasteiger partial charge in [0.2, 0.25) is 5.78 Å². The summed E-state index contributed by atoms with van der Waals surface area (Å²) in [6.45, 7) is 4.91. The lowest BCUT2D eigenvalue weighted by molar-refractivity contribution is 0.708. The van der Waals surface area contributed by atoms with Crippen molar-refractivity contribution < 1.29 is 0 Å². The summed E-state index contributed by atoms with van der Waals surface area (Å²) in [4.78, 5) is 18.0. The molecule has 2 heterocycles. The maximum absolute atomic E-state index is 13.2. The van der Waals surface area contributed by atoms with E-state index >= 15 is 0 Å². The van der Waals surface area contributed by atoms with Gasteiger partial charge in [0.25, 0.3) is 5.56 Å². The summed E-state index contributed by atoms with van der Waals surface area (Å²) >= 11 is 0. The van der Waals surface area contributed by atoms with Crippen molar-refractivity contribution in [3.63, 3.8) is 0 Å². The van der Waals surface area contributed by atoms with Gasteiger partial charge in [-0.25, -0.2) is 9.38 Å². The van der Waals surface area contributed by atoms with Gasteiger partial charge in [0.05, 0.1) is 17.6 Å². The fraction of sp³-hybridized carbons (Fsp3) is 0.273. The molecule has 0 aliphatic carbocycles. The van der Waals surface area contributed by atoms with Gasteiger partial charge in [-0.2, -0.15) is 0 Å². The van der Waals surface area contributed by atoms with Crippen LogP contribution in [0.3, 0.4) is 0 Å². The van der Waals surface area contributed by atoms with Crippen LogP contribution >= 0.6 is 0 Å². The Hall–Kier alpha value is -2.88. The highest BCUT2D eigenvalue weighted by Gasteiger charge is 2.17. The van der Waals surface area contributed by atoms with Crippen molar-refractivity contribution in [1.82, 2.24) is 14.0 Å². The summed E-state index contributed by atoms with van der Waals surface area (Å²) in [5.41, 5.74) is 4.94. The minimum Gasteiger partial charge on any atom is -0.311 e. The van der Waals surface area contributed by atoms with Gasteiger partial charge < -0.3 is 4.57 Å². The average Bonchev–Trinajstić information content (AvgIpc) is 3.05. The summed E-state index contributed by atoms with van der Waals surface area (Å²) in [6, 6.07) is 18.2. The normalized spacial score (nSPS) is 11.5. The Balaban J connectivity index is 2.03. The maximum Gasteiger partial charge on any atom is 0.262 e. The molecule has 0 aliphatic heterocycles. The predicted molar refractivity (Wildman–Crippen MR) is 106 cm³/mol. The highest BCUT2D eigenvalue weighted by Crippen LogP contribution is 2.19. The highest BCUT2D eigenvalue weighted by atomic mass is 16.1. The summed E-state index contributed by atoms with van der Waals surface area (Å²) < 4.78 is 3.97. The molecular weight excluding hydrogens is 322 g/mol. The molecule has 0 saturated heterocycles. The quantitative estimate of drug-likeness (QED) is 0.539. The molecule has 0 radical (unpaired) electrons. The Kier molecular flexibility index (Phi) is 4.33. The van der Waals surface area contributed by atoms with E-state index in [1.807, 2.05) is 42.5 Å². The van der Waals surface area contributed by atoms with Crippen molar-refractivity contribution in [2.75, 3.05) is 0 Å². The molecule has 2 aromatic carbocycles. The van der Waals surface area contributed by atoms with Crippen molar-refractivity contribution in [2.24, 2.45) is 0 Å². The number of imidazole rings is 1. The lowest BCUT2D eigenvalue weighted by atomic mass is 10.1. The van der Waals surface area contributed by atoms with E-state index < -0.39 is 0 Å². The van der Waals surface area contributed by atoms with Crippen LogP contribution in [0.2, 0.25) is 0 Å². The van der Waals surface area contributed by atoms with Crippen LogP contribution in [0.25, 0.3) is 16.8 Å². The molecule has 4 heteroatoms. The zero-order chi connectivity index (χ0) is 18.1. The first-order chi connectivity index (χ1) is 12.7. The molecule has 26 heavy (non-hydrogen) atoms. The second kappa shape index (κ2) is 6.79. The lowest BCUT2D eigenvalue weighted by Gasteiger charge is -2.16. The molecule has 0 fully saturated rings. The molecule has 0 unspecified atom stereocenters. The molecule has 0 aliphatic rings. The van der Waals surface area contributed by atoms with Crippen molar-refractivity contribution >= 4 is 16.8 Å². The fourth-order valence-electron chi connectivity index (χ4n) is 3.59. The van der Waals surface area contributed by atoms with Crippen LogP contribution < -0.4 is 5.56 Å². The predicted octanol–water partition coefficient (Wildman–Crippen LogP) is 4.35. The van der Waals surface area contributed by atoms with Crippen LogP contribution in [-0.4, -0.2) is 14.0 Å². The van der Waals surface area contributed by atoms with Crippen LogP contribution in [0, 0.1) is 6.92 Å². The first-order valence-electron chi connectivity index (χ1n) is 9.24. The number of hydrogen-bond acceptors (Lipinski definition) is 2. The average molecular weight is 345 g/mol. The van der Waals surface area contributed by atoms with E-state index in [9.17, 15) is 4.79 Å². The molecule has 0 atom stereocenters. The van der Waals surface area contributed by atoms with Gasteiger partial charge in [-0.05, 0) is 37.5 Å². The summed E-state index contributed by atoms with van der Waals surface area (Å²) in [5.74, 6) is 0.720. The van der Waals surface area contributed by atoms with E-state index in [1.54, 1.807) is 4.40 Å². The Morgan fingerprint density at radius 2 is 1.73 bits per heavy atom. The number of rotatable bonds is 5. The zero-order valence-corrected chi connectivity index (χ0v) is 15.3. The lowest BCUT2D eigenvalue weighted by Crippen LogP contribution is -2.25. The SMILES string of the molecule is CCCCc1c(C)n(Cc2ccccc2)c2nc3ccccc3n2c1=O. The Morgan fingerprint density at radius 3 is 2.50 bits per heavy atom. The Labute approximate surface area is 152 Å². The highest BCUT2D eigenvalue weighted by molar-refractivity contribution is 5.79. The molecule has 0 bridgehead atoms. The maximum atomic E-state index is 13.2. The molecule has 4 nitrogen and oxygen atoms in total. The van der Waals surface area contributed by atoms with Crippen molar-refractivity contribution in [3.8, 4) is 0 Å². The van der Waals surface area contributed by atoms with Gasteiger partial charge in [0.1, 0.15) is 0 Å². The van der Waals surface area contributed by atoms with Crippen molar-refractivity contribution in [2.45, 2.75) is 39.7 Å². The smallest absolute Gasteiger partial charge is 0.262 e. The van der Waals surface area contributed by atoms with Gasteiger partial charge in [0, 0.05) is 11.3 Å². The van der Waals surface area contributed by atoms with E-state index in [0.717, 1.165) is 47.3 Å². The molecule has 2 aromatic heterocycles. The Bertz CT molecular complexity index is 1120. The van der Waals surface area contributed by atoms with Crippen molar-refractivity contribution in [3.05, 3.63) is 81.8 Å². The third-order valence-corrected chi connectivity index (χ3v) is 5.05. The molecule has 0 saturated carbocycles. The molecule has 4 rings (SSSR count). The van der Waals surface area contributed by atoms with Gasteiger partial charge >= 0.3 is 0 Å². The van der Waals surface area contributed by atoms with Crippen LogP contribution in [0.5, 0.6) is 0 Å². The Morgan fingerprint density at radius 1 is 1.00 bits per heavy atom. The number of aromatic nitrogens is 3. The van der Waals surface area contributed by atoms with Crippen LogP contribution in [-0.2, 0) is 13.0 Å². The number of para-hydroxylation sites is 2. The second-order valence-corrected chi connectivity index (χ2v) is 6.78. The minimum absolute atomic E-state index is 0.0731. The minimum atomic E-state index is 0.0731. The van der Waals surface area contributed by atoms with Gasteiger partial charge in [-0.15, -0.1) is 0 Å². The number of hydrogen-bond donors (Lipinski definition) is 0. The molecule has 0 spiro atoms. The summed E-state index contributed by atoms with van der Waals surface area (Å²) in [7, 11) is 0. The topological polar surface area (TPSA) is 39.3 Å². The third-order valence-electron chi connectivity index (χ3n) is 5.05. The first kappa shape index (κ1) is 16.6. The molecular formula is C22H23N3O. The number of nitrogens with zero attached hydrogens (tertiary/aromatic N) is 3. The fourth-order valence-corrected chi connectivity index (χ4v) is 3.59. The van der Waals surface area contributed by atoms with Crippen LogP contribution in [0.1, 0.15) is 36.6 Å². The van der Waals surface area contributed by atoms with Gasteiger partial charge in [-0.3, -0.25) is 4.79 Å². The van der Waals surface area contributed by atoms with E-state index in [-0.39, 0.29) is 5.56 Å². The van der Waals surface area contributed by atoms with E-state index in [4.69, 9.17) is 4.98 Å². The van der Waals surface area contributed by atoms with Crippen LogP contribution in [0.4, 0.5) is 0 Å². The number of unbranched alkanes of at least 4 members (excludes halogenated alkanes) is 1. The molecule has 0 N–H and O–H groups in total. The summed E-state index contributed by atoms with van der Waals surface area (Å²) in [5, 5.41) is 0. The van der Waals surface area contributed by atoms with E-state index in [0.29, 0.717) is 6.54 Å². The number of fused-ring (bicyclic) bond motifs is 3. The first-order valence-corrected chi connectivity index (χ1v) is 9.24. The van der Waals surface area contributed by atoms with E-state index in [1.165, 1.54) is 5.56 Å². The van der Waals surface area contributed by atoms with Crippen molar-refractivity contribution in [1.29, 1.82) is 0 Å². The monoisotopic (exact) mass is 345 g/mol. The van der Waals surface area contributed by atoms with Gasteiger partial charge in [-0.1, -0.05) is 55.8 Å². The van der Waals surface area contributed by atoms with Crippen LogP contribution in [0.15, 0.2) is 59.4 Å². The standard InChI is InChI=1S/C22H23N3O/c1-3-4-12-18-16(2)24(15-17-10-6-5-7-11-17)22-23-19-13-8-9-14-20(19)25(22)21(18)26/h5-11,13-14H,3-4,12,15H2,1-2H3. The second-order valence-electron chi connectivity index (χ2n) is 6.78. The molecule has 132 valence electrons. The van der Waals surface area contributed by atoms with E-state index in [2.05, 4.69) is 30.5 Å². The largest absolute Gasteiger partial charge is 0.311 e. The summed E-state index contributed by atoms with van der Waals surface area (Å²) in [6.07, 6.45) is 2.89. The zero-order valence-electron chi connectivity index (χ0n) is 15.3. The van der Waals surface area contributed by atoms with Gasteiger partial charge in [0.15, 0.2) is 0 Å². The molecule has 4 aromatic rings. The third kappa shape index (κ3) is 2.71. The molecule has 0 amide bonds.